The Morgan fingerprint density at radius 2 is 1.76 bits per heavy atom. The molecule has 0 fully saturated rings. The van der Waals surface area contributed by atoms with Crippen LogP contribution in [0.3, 0.4) is 0 Å². The van der Waals surface area contributed by atoms with Crippen molar-refractivity contribution in [2.75, 3.05) is 14.2 Å². The number of carbonyl (C=O) groups excluding carboxylic acids is 2. The molecule has 1 rings (SSSR count). The van der Waals surface area contributed by atoms with E-state index in [1.807, 2.05) is 0 Å². The molecule has 1 aromatic carbocycles. The van der Waals surface area contributed by atoms with E-state index < -0.39 is 0 Å². The molecule has 0 spiro atoms. The van der Waals surface area contributed by atoms with Gasteiger partial charge in [-0.15, -0.1) is 0 Å². The van der Waals surface area contributed by atoms with E-state index in [1.54, 1.807) is 38.3 Å². The molecule has 0 saturated heterocycles. The SMILES string of the molecule is C=C(C)C(=O)N(C)C(=O)c1ccc(OC)cc1. The highest BCUT2D eigenvalue weighted by Crippen LogP contribution is 2.13. The molecule has 0 aliphatic rings. The zero-order chi connectivity index (χ0) is 13.0. The molecule has 0 N–H and O–H groups in total. The number of methoxy groups -OCH3 is 1. The van der Waals surface area contributed by atoms with Crippen LogP contribution in [0.2, 0.25) is 0 Å². The van der Waals surface area contributed by atoms with E-state index in [0.717, 1.165) is 4.90 Å². The molecule has 0 unspecified atom stereocenters. The van der Waals surface area contributed by atoms with Crippen LogP contribution in [-0.4, -0.2) is 30.9 Å². The molecule has 4 heteroatoms. The Labute approximate surface area is 100 Å². The molecule has 0 bridgehead atoms. The van der Waals surface area contributed by atoms with Gasteiger partial charge in [-0.1, -0.05) is 6.58 Å². The van der Waals surface area contributed by atoms with Crippen LogP contribution in [0.15, 0.2) is 36.4 Å². The number of carbonyl (C=O) groups is 2. The summed E-state index contributed by atoms with van der Waals surface area (Å²) in [5.74, 6) is -0.0816. The van der Waals surface area contributed by atoms with Crippen LogP contribution in [0.25, 0.3) is 0 Å². The lowest BCUT2D eigenvalue weighted by atomic mass is 10.2. The number of hydrogen-bond acceptors (Lipinski definition) is 3. The van der Waals surface area contributed by atoms with Gasteiger partial charge in [0.05, 0.1) is 7.11 Å². The number of benzene rings is 1. The average Bonchev–Trinajstić information content (AvgIpc) is 2.36. The lowest BCUT2D eigenvalue weighted by molar-refractivity contribution is -0.123. The summed E-state index contributed by atoms with van der Waals surface area (Å²) >= 11 is 0. The summed E-state index contributed by atoms with van der Waals surface area (Å²) in [7, 11) is 2.98. The first-order valence-electron chi connectivity index (χ1n) is 5.09. The second-order valence-corrected chi connectivity index (χ2v) is 3.68. The quantitative estimate of drug-likeness (QED) is 0.749. The van der Waals surface area contributed by atoms with Crippen molar-refractivity contribution in [1.82, 2.24) is 4.90 Å². The Morgan fingerprint density at radius 3 is 2.18 bits per heavy atom. The topological polar surface area (TPSA) is 46.6 Å². The molecule has 0 aromatic heterocycles. The minimum Gasteiger partial charge on any atom is -0.497 e. The summed E-state index contributed by atoms with van der Waals surface area (Å²) in [4.78, 5) is 24.5. The van der Waals surface area contributed by atoms with Crippen molar-refractivity contribution in [1.29, 1.82) is 0 Å². The molecular formula is C13H15NO3. The van der Waals surface area contributed by atoms with E-state index in [-0.39, 0.29) is 11.8 Å². The standard InChI is InChI=1S/C13H15NO3/c1-9(2)12(15)14(3)13(16)10-5-7-11(17-4)8-6-10/h5-8H,1H2,2-4H3. The Bertz CT molecular complexity index is 448. The maximum Gasteiger partial charge on any atom is 0.260 e. The monoisotopic (exact) mass is 233 g/mol. The number of rotatable bonds is 3. The van der Waals surface area contributed by atoms with Gasteiger partial charge in [0.1, 0.15) is 5.75 Å². The summed E-state index contributed by atoms with van der Waals surface area (Å²) in [5.41, 5.74) is 0.761. The molecule has 0 radical (unpaired) electrons. The third kappa shape index (κ3) is 2.93. The molecule has 0 saturated carbocycles. The van der Waals surface area contributed by atoms with E-state index in [2.05, 4.69) is 6.58 Å². The normalized spacial score (nSPS) is 9.59. The van der Waals surface area contributed by atoms with Crippen LogP contribution in [0.5, 0.6) is 5.75 Å². The van der Waals surface area contributed by atoms with Crippen molar-refractivity contribution in [2.45, 2.75) is 6.92 Å². The maximum atomic E-state index is 11.9. The summed E-state index contributed by atoms with van der Waals surface area (Å²) < 4.78 is 4.99. The van der Waals surface area contributed by atoms with Crippen molar-refractivity contribution in [3.63, 3.8) is 0 Å². The second kappa shape index (κ2) is 5.30. The third-order valence-corrected chi connectivity index (χ3v) is 2.31. The van der Waals surface area contributed by atoms with Crippen LogP contribution in [0.4, 0.5) is 0 Å². The first kappa shape index (κ1) is 13.0. The largest absolute Gasteiger partial charge is 0.497 e. The lowest BCUT2D eigenvalue weighted by Gasteiger charge is -2.15. The number of imide groups is 1. The van der Waals surface area contributed by atoms with E-state index in [4.69, 9.17) is 4.74 Å². The van der Waals surface area contributed by atoms with E-state index in [0.29, 0.717) is 16.9 Å². The fourth-order valence-corrected chi connectivity index (χ4v) is 1.31. The molecule has 0 atom stereocenters. The molecule has 1 aromatic rings. The number of likely N-dealkylation sites (N-methyl/N-ethyl adjacent to an activating group) is 1. The van der Waals surface area contributed by atoms with Gasteiger partial charge >= 0.3 is 0 Å². The summed E-state index contributed by atoms with van der Waals surface area (Å²) in [5, 5.41) is 0. The summed E-state index contributed by atoms with van der Waals surface area (Å²) in [6.45, 7) is 5.09. The zero-order valence-electron chi connectivity index (χ0n) is 10.2. The van der Waals surface area contributed by atoms with E-state index in [9.17, 15) is 9.59 Å². The van der Waals surface area contributed by atoms with E-state index in [1.165, 1.54) is 7.05 Å². The smallest absolute Gasteiger partial charge is 0.260 e. The maximum absolute atomic E-state index is 11.9. The molecule has 4 nitrogen and oxygen atoms in total. The fourth-order valence-electron chi connectivity index (χ4n) is 1.31. The van der Waals surface area contributed by atoms with Gasteiger partial charge in [0.2, 0.25) is 0 Å². The van der Waals surface area contributed by atoms with Crippen molar-refractivity contribution in [2.24, 2.45) is 0 Å². The molecule has 2 amide bonds. The molecule has 17 heavy (non-hydrogen) atoms. The van der Waals surface area contributed by atoms with Crippen LogP contribution in [-0.2, 0) is 4.79 Å². The fraction of sp³-hybridized carbons (Fsp3) is 0.231. The Kier molecular flexibility index (Phi) is 4.04. The first-order valence-corrected chi connectivity index (χ1v) is 5.09. The molecular weight excluding hydrogens is 218 g/mol. The number of nitrogens with zero attached hydrogens (tertiary/aromatic N) is 1. The average molecular weight is 233 g/mol. The minimum atomic E-state index is -0.384. The molecule has 0 aliphatic carbocycles. The summed E-state index contributed by atoms with van der Waals surface area (Å²) in [6, 6.07) is 6.57. The minimum absolute atomic E-state index is 0.328. The highest BCUT2D eigenvalue weighted by atomic mass is 16.5. The van der Waals surface area contributed by atoms with Crippen LogP contribution in [0, 0.1) is 0 Å². The molecule has 0 aliphatic heterocycles. The van der Waals surface area contributed by atoms with E-state index >= 15 is 0 Å². The first-order chi connectivity index (χ1) is 7.97. The van der Waals surface area contributed by atoms with Crippen LogP contribution in [0.1, 0.15) is 17.3 Å². The summed E-state index contributed by atoms with van der Waals surface area (Å²) in [6.07, 6.45) is 0. The number of ether oxygens (including phenoxy) is 1. The highest BCUT2D eigenvalue weighted by Gasteiger charge is 2.18. The van der Waals surface area contributed by atoms with Gasteiger partial charge in [0.25, 0.3) is 11.8 Å². The van der Waals surface area contributed by atoms with Gasteiger partial charge in [0, 0.05) is 18.2 Å². The van der Waals surface area contributed by atoms with Gasteiger partial charge in [-0.2, -0.15) is 0 Å². The second-order valence-electron chi connectivity index (χ2n) is 3.68. The number of hydrogen-bond donors (Lipinski definition) is 0. The van der Waals surface area contributed by atoms with Gasteiger partial charge in [0.15, 0.2) is 0 Å². The van der Waals surface area contributed by atoms with Crippen LogP contribution >= 0.6 is 0 Å². The van der Waals surface area contributed by atoms with Gasteiger partial charge < -0.3 is 4.74 Å². The predicted octanol–water partition coefficient (Wildman–Crippen LogP) is 1.87. The zero-order valence-corrected chi connectivity index (χ0v) is 10.2. The third-order valence-electron chi connectivity index (χ3n) is 2.31. The number of amides is 2. The van der Waals surface area contributed by atoms with Crippen molar-refractivity contribution in [3.05, 3.63) is 42.0 Å². The highest BCUT2D eigenvalue weighted by molar-refractivity contribution is 6.09. The van der Waals surface area contributed by atoms with Crippen molar-refractivity contribution in [3.8, 4) is 5.75 Å². The van der Waals surface area contributed by atoms with Crippen molar-refractivity contribution < 1.29 is 14.3 Å². The Hall–Kier alpha value is -2.10. The Morgan fingerprint density at radius 1 is 1.24 bits per heavy atom. The Balaban J connectivity index is 2.88. The van der Waals surface area contributed by atoms with Gasteiger partial charge in [-0.3, -0.25) is 14.5 Å². The van der Waals surface area contributed by atoms with Gasteiger partial charge in [-0.05, 0) is 31.2 Å². The van der Waals surface area contributed by atoms with Crippen molar-refractivity contribution >= 4 is 11.8 Å². The van der Waals surface area contributed by atoms with Crippen LogP contribution < -0.4 is 4.74 Å². The predicted molar refractivity (Wildman–Crippen MR) is 64.9 cm³/mol. The molecule has 90 valence electrons. The van der Waals surface area contributed by atoms with Gasteiger partial charge in [-0.25, -0.2) is 0 Å². The lowest BCUT2D eigenvalue weighted by Crippen LogP contribution is -2.33. The molecule has 0 heterocycles.